The highest BCUT2D eigenvalue weighted by atomic mass is 32.2. The topological polar surface area (TPSA) is 80.8 Å². The minimum atomic E-state index is -3.70. The van der Waals surface area contributed by atoms with Gasteiger partial charge in [0.1, 0.15) is 0 Å². The molecule has 0 N–H and O–H groups in total. The van der Waals surface area contributed by atoms with E-state index in [4.69, 9.17) is 4.74 Å². The summed E-state index contributed by atoms with van der Waals surface area (Å²) in [6.07, 6.45) is -1.00. The van der Waals surface area contributed by atoms with Crippen LogP contribution in [0.1, 0.15) is 67.8 Å². The Morgan fingerprint density at radius 3 is 2.06 bits per heavy atom. The SMILES string of the molecule is CCN(CC)S(=O)(=O)c1cccc(C(=O)O[C@@H](C)C(=O)c2ccc(C(C)(C)C)cc2)c1. The molecule has 0 saturated carbocycles. The highest BCUT2D eigenvalue weighted by Crippen LogP contribution is 2.23. The van der Waals surface area contributed by atoms with Gasteiger partial charge in [-0.05, 0) is 36.1 Å². The van der Waals surface area contributed by atoms with E-state index in [0.717, 1.165) is 5.56 Å². The molecule has 0 aliphatic rings. The molecule has 0 heterocycles. The minimum absolute atomic E-state index is 0.0161. The third-order valence-corrected chi connectivity index (χ3v) is 7.15. The predicted molar refractivity (Wildman–Crippen MR) is 121 cm³/mol. The summed E-state index contributed by atoms with van der Waals surface area (Å²) in [7, 11) is -3.70. The Kier molecular flexibility index (Phi) is 7.78. The second-order valence-electron chi connectivity index (χ2n) is 8.36. The normalized spacial score (nSPS) is 13.1. The second kappa shape index (κ2) is 9.75. The first kappa shape index (κ1) is 24.8. The van der Waals surface area contributed by atoms with Gasteiger partial charge in [0.2, 0.25) is 15.8 Å². The lowest BCUT2D eigenvalue weighted by molar-refractivity contribution is 0.0318. The van der Waals surface area contributed by atoms with Crippen molar-refractivity contribution in [3.63, 3.8) is 0 Å². The number of benzene rings is 2. The van der Waals surface area contributed by atoms with Crippen molar-refractivity contribution in [3.05, 3.63) is 65.2 Å². The van der Waals surface area contributed by atoms with Crippen molar-refractivity contribution in [3.8, 4) is 0 Å². The summed E-state index contributed by atoms with van der Waals surface area (Å²) in [5, 5.41) is 0. The maximum Gasteiger partial charge on any atom is 0.338 e. The maximum absolute atomic E-state index is 12.7. The largest absolute Gasteiger partial charge is 0.451 e. The van der Waals surface area contributed by atoms with E-state index in [-0.39, 0.29) is 21.7 Å². The van der Waals surface area contributed by atoms with Gasteiger partial charge in [-0.25, -0.2) is 13.2 Å². The van der Waals surface area contributed by atoms with Crippen LogP contribution in [0.5, 0.6) is 0 Å². The zero-order chi connectivity index (χ0) is 23.4. The quantitative estimate of drug-likeness (QED) is 0.443. The van der Waals surface area contributed by atoms with E-state index in [2.05, 4.69) is 20.8 Å². The first-order valence-corrected chi connectivity index (χ1v) is 11.8. The molecule has 168 valence electrons. The van der Waals surface area contributed by atoms with Gasteiger partial charge in [-0.1, -0.05) is 65.0 Å². The van der Waals surface area contributed by atoms with Gasteiger partial charge in [0, 0.05) is 18.7 Å². The van der Waals surface area contributed by atoms with Crippen molar-refractivity contribution >= 4 is 21.8 Å². The van der Waals surface area contributed by atoms with Crippen LogP contribution < -0.4 is 0 Å². The molecule has 0 saturated heterocycles. The van der Waals surface area contributed by atoms with Crippen LogP contribution in [0.2, 0.25) is 0 Å². The van der Waals surface area contributed by atoms with Gasteiger partial charge < -0.3 is 4.74 Å². The lowest BCUT2D eigenvalue weighted by Crippen LogP contribution is -2.30. The Bertz CT molecular complexity index is 1030. The average molecular weight is 446 g/mol. The number of Topliss-reactive ketones (excluding diaryl/α,β-unsaturated/α-hetero) is 1. The van der Waals surface area contributed by atoms with Gasteiger partial charge >= 0.3 is 5.97 Å². The molecular formula is C24H31NO5S. The number of esters is 1. The third-order valence-electron chi connectivity index (χ3n) is 5.10. The Morgan fingerprint density at radius 2 is 1.55 bits per heavy atom. The fourth-order valence-corrected chi connectivity index (χ4v) is 4.65. The minimum Gasteiger partial charge on any atom is -0.451 e. The van der Waals surface area contributed by atoms with E-state index < -0.39 is 22.1 Å². The summed E-state index contributed by atoms with van der Waals surface area (Å²) >= 11 is 0. The molecule has 2 aromatic carbocycles. The number of rotatable bonds is 8. The van der Waals surface area contributed by atoms with Gasteiger partial charge in [-0.2, -0.15) is 4.31 Å². The highest BCUT2D eigenvalue weighted by molar-refractivity contribution is 7.89. The van der Waals surface area contributed by atoms with Gasteiger partial charge in [0.25, 0.3) is 0 Å². The number of ether oxygens (including phenoxy) is 1. The van der Waals surface area contributed by atoms with Gasteiger partial charge in [0.05, 0.1) is 10.5 Å². The third kappa shape index (κ3) is 5.80. The van der Waals surface area contributed by atoms with E-state index in [1.807, 2.05) is 12.1 Å². The van der Waals surface area contributed by atoms with Crippen molar-refractivity contribution in [2.24, 2.45) is 0 Å². The molecule has 2 aromatic rings. The molecule has 0 aromatic heterocycles. The molecule has 6 nitrogen and oxygen atoms in total. The summed E-state index contributed by atoms with van der Waals surface area (Å²) < 4.78 is 32.0. The van der Waals surface area contributed by atoms with Gasteiger partial charge in [0.15, 0.2) is 6.10 Å². The zero-order valence-corrected chi connectivity index (χ0v) is 19.8. The zero-order valence-electron chi connectivity index (χ0n) is 19.0. The molecule has 0 aliphatic heterocycles. The van der Waals surface area contributed by atoms with E-state index in [9.17, 15) is 18.0 Å². The number of carbonyl (C=O) groups is 2. The molecule has 2 rings (SSSR count). The number of ketones is 1. The maximum atomic E-state index is 12.7. The summed E-state index contributed by atoms with van der Waals surface area (Å²) in [6, 6.07) is 12.9. The van der Waals surface area contributed by atoms with Crippen molar-refractivity contribution in [2.45, 2.75) is 58.0 Å². The molecule has 7 heteroatoms. The van der Waals surface area contributed by atoms with E-state index in [1.54, 1.807) is 26.0 Å². The molecule has 0 bridgehead atoms. The first-order valence-electron chi connectivity index (χ1n) is 10.4. The molecular weight excluding hydrogens is 414 g/mol. The number of hydrogen-bond donors (Lipinski definition) is 0. The second-order valence-corrected chi connectivity index (χ2v) is 10.3. The fraction of sp³-hybridized carbons (Fsp3) is 0.417. The number of nitrogens with zero attached hydrogens (tertiary/aromatic N) is 1. The number of carbonyl (C=O) groups excluding carboxylic acids is 2. The van der Waals surface area contributed by atoms with Crippen LogP contribution in [-0.4, -0.2) is 43.7 Å². The van der Waals surface area contributed by atoms with E-state index in [1.165, 1.54) is 35.5 Å². The van der Waals surface area contributed by atoms with Crippen molar-refractivity contribution in [1.82, 2.24) is 4.31 Å². The van der Waals surface area contributed by atoms with E-state index in [0.29, 0.717) is 18.7 Å². The molecule has 0 fully saturated rings. The van der Waals surface area contributed by atoms with Crippen molar-refractivity contribution < 1.29 is 22.7 Å². The Balaban J connectivity index is 2.17. The van der Waals surface area contributed by atoms with Crippen molar-refractivity contribution in [1.29, 1.82) is 0 Å². The van der Waals surface area contributed by atoms with Crippen LogP contribution in [0.25, 0.3) is 0 Å². The fourth-order valence-electron chi connectivity index (χ4n) is 3.15. The van der Waals surface area contributed by atoms with Gasteiger partial charge in [-0.3, -0.25) is 4.79 Å². The van der Waals surface area contributed by atoms with Crippen LogP contribution >= 0.6 is 0 Å². The molecule has 1 atom stereocenters. The Labute approximate surface area is 185 Å². The van der Waals surface area contributed by atoms with Crippen LogP contribution in [0.4, 0.5) is 0 Å². The molecule has 0 aliphatic carbocycles. The van der Waals surface area contributed by atoms with Crippen LogP contribution in [0, 0.1) is 0 Å². The smallest absolute Gasteiger partial charge is 0.338 e. The summed E-state index contributed by atoms with van der Waals surface area (Å²) in [4.78, 5) is 25.3. The predicted octanol–water partition coefficient (Wildman–Crippen LogP) is 4.44. The average Bonchev–Trinajstić information content (AvgIpc) is 2.73. The van der Waals surface area contributed by atoms with Crippen molar-refractivity contribution in [2.75, 3.05) is 13.1 Å². The molecule has 0 spiro atoms. The lowest BCUT2D eigenvalue weighted by atomic mass is 9.86. The van der Waals surface area contributed by atoms with E-state index >= 15 is 0 Å². The van der Waals surface area contributed by atoms with Crippen LogP contribution in [0.3, 0.4) is 0 Å². The summed E-state index contributed by atoms with van der Waals surface area (Å²) in [6.45, 7) is 11.9. The number of sulfonamides is 1. The standard InChI is InChI=1S/C24H31NO5S/c1-7-25(8-2)31(28,29)21-11-9-10-19(16-21)23(27)30-17(3)22(26)18-12-14-20(15-13-18)24(4,5)6/h9-17H,7-8H2,1-6H3/t17-/m0/s1. The monoisotopic (exact) mass is 445 g/mol. The summed E-state index contributed by atoms with van der Waals surface area (Å²) in [5.41, 5.74) is 1.60. The molecule has 0 unspecified atom stereocenters. The lowest BCUT2D eigenvalue weighted by Gasteiger charge is -2.20. The summed E-state index contributed by atoms with van der Waals surface area (Å²) in [5.74, 6) is -1.07. The Morgan fingerprint density at radius 1 is 0.968 bits per heavy atom. The molecule has 31 heavy (non-hydrogen) atoms. The molecule has 0 radical (unpaired) electrons. The van der Waals surface area contributed by atoms with Gasteiger partial charge in [-0.15, -0.1) is 0 Å². The Hall–Kier alpha value is -2.51. The van der Waals surface area contributed by atoms with Crippen LogP contribution in [-0.2, 0) is 20.2 Å². The highest BCUT2D eigenvalue weighted by Gasteiger charge is 2.25. The van der Waals surface area contributed by atoms with Crippen LogP contribution in [0.15, 0.2) is 53.4 Å². The first-order chi connectivity index (χ1) is 14.4. The molecule has 0 amide bonds. The number of hydrogen-bond acceptors (Lipinski definition) is 5.